The van der Waals surface area contributed by atoms with Gasteiger partial charge in [0.1, 0.15) is 11.9 Å². The monoisotopic (exact) mass is 578 g/mol. The quantitative estimate of drug-likeness (QED) is 0.265. The maximum absolute atomic E-state index is 13.1. The predicted molar refractivity (Wildman–Crippen MR) is 149 cm³/mol. The molecule has 0 radical (unpaired) electrons. The van der Waals surface area contributed by atoms with Gasteiger partial charge in [-0.2, -0.15) is 11.8 Å². The summed E-state index contributed by atoms with van der Waals surface area (Å²) in [6.07, 6.45) is 1.48. The van der Waals surface area contributed by atoms with Crippen LogP contribution in [0.4, 0.5) is 5.13 Å². The summed E-state index contributed by atoms with van der Waals surface area (Å²) < 4.78 is 34.7. The highest BCUT2D eigenvalue weighted by atomic mass is 32.2. The molecule has 0 saturated carbocycles. The Balaban J connectivity index is 1.76. The minimum absolute atomic E-state index is 0.0873. The van der Waals surface area contributed by atoms with Gasteiger partial charge in [-0.1, -0.05) is 12.1 Å². The molecule has 3 rings (SSSR count). The van der Waals surface area contributed by atoms with Gasteiger partial charge in [-0.15, -0.1) is 11.3 Å². The van der Waals surface area contributed by atoms with Crippen molar-refractivity contribution < 1.29 is 32.6 Å². The molecule has 0 unspecified atom stereocenters. The molecule has 1 amide bonds. The number of amides is 1. The fourth-order valence-corrected chi connectivity index (χ4v) is 5.75. The third kappa shape index (κ3) is 9.43. The van der Waals surface area contributed by atoms with Crippen LogP contribution in [0.25, 0.3) is 0 Å². The second kappa shape index (κ2) is 13.7. The lowest BCUT2D eigenvalue weighted by Crippen LogP contribution is -2.19. The van der Waals surface area contributed by atoms with Gasteiger partial charge in [0.05, 0.1) is 23.6 Å². The van der Waals surface area contributed by atoms with Crippen molar-refractivity contribution in [2.45, 2.75) is 36.5 Å². The SMILES string of the molecule is COC[C@H](C)Oc1cc(Cc2ccc(S(C)(=O)=O)cc2)cc(C(=O)Nc2nc(CSCCC(=O)O)cs2)c1. The number of aromatic nitrogens is 1. The number of hydrogen-bond donors (Lipinski definition) is 2. The van der Waals surface area contributed by atoms with Crippen molar-refractivity contribution in [2.75, 3.05) is 31.0 Å². The van der Waals surface area contributed by atoms with Crippen molar-refractivity contribution in [2.24, 2.45) is 0 Å². The van der Waals surface area contributed by atoms with E-state index in [1.165, 1.54) is 29.4 Å². The third-order valence-corrected chi connectivity index (χ3v) is 8.14. The largest absolute Gasteiger partial charge is 0.488 e. The van der Waals surface area contributed by atoms with Crippen LogP contribution in [-0.2, 0) is 31.5 Å². The summed E-state index contributed by atoms with van der Waals surface area (Å²) in [6.45, 7) is 2.25. The van der Waals surface area contributed by atoms with Gasteiger partial charge in [-0.05, 0) is 54.8 Å². The lowest BCUT2D eigenvalue weighted by Gasteiger charge is -2.16. The van der Waals surface area contributed by atoms with Crippen molar-refractivity contribution in [3.63, 3.8) is 0 Å². The Morgan fingerprint density at radius 2 is 1.89 bits per heavy atom. The van der Waals surface area contributed by atoms with Gasteiger partial charge < -0.3 is 14.6 Å². The summed E-state index contributed by atoms with van der Waals surface area (Å²) in [6, 6.07) is 11.9. The standard InChI is InChI=1S/C26H30N2O7S3/c1-17(14-34-2)35-22-12-19(10-18-4-6-23(7-5-18)38(3,32)33)11-20(13-22)25(31)28-26-27-21(16-37-26)15-36-9-8-24(29)30/h4-7,11-13,16-17H,8-10,14-15H2,1-3H3,(H,29,30)(H,27,28,31)/t17-/m0/s1. The van der Waals surface area contributed by atoms with Crippen LogP contribution in [0.5, 0.6) is 5.75 Å². The van der Waals surface area contributed by atoms with Gasteiger partial charge in [-0.25, -0.2) is 13.4 Å². The van der Waals surface area contributed by atoms with Crippen molar-refractivity contribution in [3.8, 4) is 5.75 Å². The summed E-state index contributed by atoms with van der Waals surface area (Å²) >= 11 is 2.77. The number of hydrogen-bond acceptors (Lipinski definition) is 9. The van der Waals surface area contributed by atoms with E-state index in [1.807, 2.05) is 18.4 Å². The molecule has 12 heteroatoms. The van der Waals surface area contributed by atoms with Gasteiger partial charge in [0.15, 0.2) is 15.0 Å². The lowest BCUT2D eigenvalue weighted by atomic mass is 10.0. The summed E-state index contributed by atoms with van der Waals surface area (Å²) in [5.41, 5.74) is 2.86. The van der Waals surface area contributed by atoms with E-state index in [0.717, 1.165) is 16.8 Å². The number of thioether (sulfide) groups is 1. The Labute approximate surface area is 230 Å². The van der Waals surface area contributed by atoms with E-state index in [-0.39, 0.29) is 23.3 Å². The summed E-state index contributed by atoms with van der Waals surface area (Å²) in [7, 11) is -1.70. The number of carbonyl (C=O) groups is 2. The van der Waals surface area contributed by atoms with Crippen LogP contribution in [-0.4, -0.2) is 62.2 Å². The second-order valence-electron chi connectivity index (χ2n) is 8.64. The number of carboxylic acids is 1. The molecular weight excluding hydrogens is 548 g/mol. The first-order valence-electron chi connectivity index (χ1n) is 11.7. The van der Waals surface area contributed by atoms with Crippen LogP contribution < -0.4 is 10.1 Å². The predicted octanol–water partition coefficient (Wildman–Crippen LogP) is 4.51. The molecule has 1 aromatic heterocycles. The summed E-state index contributed by atoms with van der Waals surface area (Å²) in [5, 5.41) is 13.9. The van der Waals surface area contributed by atoms with E-state index in [4.69, 9.17) is 14.6 Å². The Kier molecular flexibility index (Phi) is 10.7. The van der Waals surface area contributed by atoms with E-state index in [1.54, 1.807) is 43.5 Å². The number of sulfone groups is 1. The van der Waals surface area contributed by atoms with Crippen LogP contribution in [0.1, 0.15) is 40.5 Å². The Morgan fingerprint density at radius 3 is 2.55 bits per heavy atom. The number of ether oxygens (including phenoxy) is 2. The first-order valence-corrected chi connectivity index (χ1v) is 15.6. The molecule has 0 spiro atoms. The summed E-state index contributed by atoms with van der Waals surface area (Å²) in [4.78, 5) is 28.4. The molecule has 2 N–H and O–H groups in total. The lowest BCUT2D eigenvalue weighted by molar-refractivity contribution is -0.136. The number of rotatable bonds is 14. The van der Waals surface area contributed by atoms with E-state index in [2.05, 4.69) is 10.3 Å². The van der Waals surface area contributed by atoms with Gasteiger partial charge in [0.25, 0.3) is 5.91 Å². The zero-order valence-electron chi connectivity index (χ0n) is 21.3. The van der Waals surface area contributed by atoms with Gasteiger partial charge >= 0.3 is 5.97 Å². The number of benzene rings is 2. The zero-order valence-corrected chi connectivity index (χ0v) is 23.7. The first-order chi connectivity index (χ1) is 18.0. The topological polar surface area (TPSA) is 132 Å². The highest BCUT2D eigenvalue weighted by Gasteiger charge is 2.15. The molecule has 9 nitrogen and oxygen atoms in total. The Bertz CT molecular complexity index is 1360. The van der Waals surface area contributed by atoms with E-state index >= 15 is 0 Å². The number of carbonyl (C=O) groups excluding carboxylic acids is 1. The molecule has 0 bridgehead atoms. The van der Waals surface area contributed by atoms with Crippen molar-refractivity contribution >= 4 is 49.9 Å². The van der Waals surface area contributed by atoms with Crippen LogP contribution in [0.2, 0.25) is 0 Å². The average molecular weight is 579 g/mol. The van der Waals surface area contributed by atoms with E-state index in [0.29, 0.717) is 41.0 Å². The Hall–Kier alpha value is -2.93. The van der Waals surface area contributed by atoms with E-state index in [9.17, 15) is 18.0 Å². The van der Waals surface area contributed by atoms with E-state index < -0.39 is 15.8 Å². The van der Waals surface area contributed by atoms with Crippen molar-refractivity contribution in [1.82, 2.24) is 4.98 Å². The number of nitrogens with one attached hydrogen (secondary N) is 1. The second-order valence-corrected chi connectivity index (χ2v) is 12.6. The van der Waals surface area contributed by atoms with Crippen LogP contribution in [0, 0.1) is 0 Å². The van der Waals surface area contributed by atoms with Crippen molar-refractivity contribution in [3.05, 3.63) is 70.2 Å². The number of methoxy groups -OCH3 is 1. The van der Waals surface area contributed by atoms with Gasteiger partial charge in [0.2, 0.25) is 0 Å². The fourth-order valence-electron chi connectivity index (χ4n) is 3.49. The molecule has 0 aliphatic rings. The van der Waals surface area contributed by atoms with Crippen LogP contribution in [0.15, 0.2) is 52.7 Å². The normalized spacial score (nSPS) is 12.2. The first kappa shape index (κ1) is 29.6. The molecule has 0 aliphatic carbocycles. The Morgan fingerprint density at radius 1 is 1.16 bits per heavy atom. The number of anilines is 1. The number of carboxylic acid groups (broad SMARTS) is 1. The molecule has 1 atom stereocenters. The molecular formula is C26H30N2O7S3. The molecule has 2 aromatic carbocycles. The molecule has 0 aliphatic heterocycles. The minimum Gasteiger partial charge on any atom is -0.488 e. The molecule has 0 saturated heterocycles. The molecule has 1 heterocycles. The molecule has 3 aromatic rings. The average Bonchev–Trinajstić information content (AvgIpc) is 3.28. The van der Waals surface area contributed by atoms with Crippen LogP contribution in [0.3, 0.4) is 0 Å². The van der Waals surface area contributed by atoms with Gasteiger partial charge in [-0.3, -0.25) is 14.9 Å². The van der Waals surface area contributed by atoms with Crippen LogP contribution >= 0.6 is 23.1 Å². The smallest absolute Gasteiger partial charge is 0.304 e. The molecule has 0 fully saturated rings. The van der Waals surface area contributed by atoms with Crippen molar-refractivity contribution in [1.29, 1.82) is 0 Å². The zero-order chi connectivity index (χ0) is 27.7. The number of thiazole rings is 1. The summed E-state index contributed by atoms with van der Waals surface area (Å²) in [5.74, 6) is 0.380. The maximum atomic E-state index is 13.1. The highest BCUT2D eigenvalue weighted by Crippen LogP contribution is 2.25. The third-order valence-electron chi connectivity index (χ3n) is 5.21. The molecule has 38 heavy (non-hydrogen) atoms. The highest BCUT2D eigenvalue weighted by molar-refractivity contribution is 7.98. The molecule has 204 valence electrons. The number of nitrogens with zero attached hydrogens (tertiary/aromatic N) is 1. The van der Waals surface area contributed by atoms with Gasteiger partial charge in [0, 0.05) is 35.8 Å². The fraction of sp³-hybridized carbons (Fsp3) is 0.346. The maximum Gasteiger partial charge on any atom is 0.304 e. The number of aliphatic carboxylic acids is 1. The minimum atomic E-state index is -3.29.